The van der Waals surface area contributed by atoms with Crippen molar-refractivity contribution < 1.29 is 4.52 Å². The molecular formula is C15H20BrN3O. The van der Waals surface area contributed by atoms with E-state index in [9.17, 15) is 0 Å². The number of nitrogens with one attached hydrogen (secondary N) is 1. The van der Waals surface area contributed by atoms with E-state index in [2.05, 4.69) is 71.2 Å². The van der Waals surface area contributed by atoms with Gasteiger partial charge in [0.2, 0.25) is 11.7 Å². The molecule has 1 unspecified atom stereocenters. The Morgan fingerprint density at radius 1 is 1.30 bits per heavy atom. The van der Waals surface area contributed by atoms with Crippen molar-refractivity contribution in [2.24, 2.45) is 0 Å². The first kappa shape index (κ1) is 15.2. The molecule has 0 saturated carbocycles. The Labute approximate surface area is 128 Å². The Bertz CT molecular complexity index is 572. The van der Waals surface area contributed by atoms with Crippen molar-refractivity contribution in [2.75, 3.05) is 6.54 Å². The molecule has 0 fully saturated rings. The number of rotatable bonds is 5. The van der Waals surface area contributed by atoms with Crippen LogP contribution in [0.4, 0.5) is 0 Å². The standard InChI is InChI=1S/C15H20BrN3O/c1-5-17-11(4)8-13-18-15(19-20-13)12-6-9(2)14(16)10(3)7-12/h6-7,11,17H,5,8H2,1-4H3. The zero-order valence-electron chi connectivity index (χ0n) is 12.3. The van der Waals surface area contributed by atoms with Gasteiger partial charge in [-0.2, -0.15) is 4.98 Å². The van der Waals surface area contributed by atoms with Crippen LogP contribution in [-0.4, -0.2) is 22.7 Å². The minimum absolute atomic E-state index is 0.335. The third-order valence-corrected chi connectivity index (χ3v) is 4.45. The maximum Gasteiger partial charge on any atom is 0.228 e. The van der Waals surface area contributed by atoms with Gasteiger partial charge in [0.15, 0.2) is 0 Å². The van der Waals surface area contributed by atoms with Gasteiger partial charge in [0.1, 0.15) is 0 Å². The highest BCUT2D eigenvalue weighted by atomic mass is 79.9. The van der Waals surface area contributed by atoms with Gasteiger partial charge in [-0.25, -0.2) is 0 Å². The number of benzene rings is 1. The quantitative estimate of drug-likeness (QED) is 0.904. The Morgan fingerprint density at radius 2 is 1.95 bits per heavy atom. The van der Waals surface area contributed by atoms with Gasteiger partial charge in [0.25, 0.3) is 0 Å². The average Bonchev–Trinajstić information content (AvgIpc) is 2.84. The van der Waals surface area contributed by atoms with E-state index in [-0.39, 0.29) is 0 Å². The highest BCUT2D eigenvalue weighted by Gasteiger charge is 2.13. The molecule has 1 N–H and O–H groups in total. The molecule has 108 valence electrons. The van der Waals surface area contributed by atoms with Crippen LogP contribution in [0.3, 0.4) is 0 Å². The molecule has 2 rings (SSSR count). The first-order chi connectivity index (χ1) is 9.51. The molecule has 0 saturated heterocycles. The smallest absolute Gasteiger partial charge is 0.228 e. The summed E-state index contributed by atoms with van der Waals surface area (Å²) in [7, 11) is 0. The van der Waals surface area contributed by atoms with E-state index in [1.54, 1.807) is 0 Å². The van der Waals surface area contributed by atoms with Crippen molar-refractivity contribution in [3.63, 3.8) is 0 Å². The van der Waals surface area contributed by atoms with Gasteiger partial charge in [-0.05, 0) is 50.6 Å². The second kappa shape index (κ2) is 6.50. The number of hydrogen-bond acceptors (Lipinski definition) is 4. The summed E-state index contributed by atoms with van der Waals surface area (Å²) in [4.78, 5) is 4.48. The van der Waals surface area contributed by atoms with Crippen LogP contribution in [-0.2, 0) is 6.42 Å². The molecule has 0 spiro atoms. The first-order valence-corrected chi connectivity index (χ1v) is 7.63. The summed E-state index contributed by atoms with van der Waals surface area (Å²) in [5.74, 6) is 1.33. The van der Waals surface area contributed by atoms with Gasteiger partial charge in [0, 0.05) is 22.5 Å². The molecule has 1 heterocycles. The van der Waals surface area contributed by atoms with Gasteiger partial charge < -0.3 is 9.84 Å². The number of likely N-dealkylation sites (N-methyl/N-ethyl adjacent to an activating group) is 1. The molecule has 0 aliphatic rings. The summed E-state index contributed by atoms with van der Waals surface area (Å²) >= 11 is 3.57. The van der Waals surface area contributed by atoms with Crippen LogP contribution in [0.15, 0.2) is 21.1 Å². The summed E-state index contributed by atoms with van der Waals surface area (Å²) < 4.78 is 6.46. The topological polar surface area (TPSA) is 51.0 Å². The molecule has 1 aromatic carbocycles. The summed E-state index contributed by atoms with van der Waals surface area (Å²) in [6.45, 7) is 9.27. The SMILES string of the molecule is CCNC(C)Cc1nc(-c2cc(C)c(Br)c(C)c2)no1. The van der Waals surface area contributed by atoms with E-state index in [1.165, 1.54) is 11.1 Å². The minimum atomic E-state index is 0.335. The Hall–Kier alpha value is -1.20. The Kier molecular flexibility index (Phi) is 4.94. The van der Waals surface area contributed by atoms with Gasteiger partial charge >= 0.3 is 0 Å². The fourth-order valence-corrected chi connectivity index (χ4v) is 2.44. The molecule has 0 bridgehead atoms. The van der Waals surface area contributed by atoms with Crippen molar-refractivity contribution in [2.45, 2.75) is 40.2 Å². The molecule has 20 heavy (non-hydrogen) atoms. The number of hydrogen-bond donors (Lipinski definition) is 1. The van der Waals surface area contributed by atoms with E-state index < -0.39 is 0 Å². The van der Waals surface area contributed by atoms with E-state index in [0.717, 1.165) is 23.0 Å². The monoisotopic (exact) mass is 337 g/mol. The van der Waals surface area contributed by atoms with Crippen LogP contribution in [0.25, 0.3) is 11.4 Å². The normalized spacial score (nSPS) is 12.7. The zero-order chi connectivity index (χ0) is 14.7. The number of nitrogens with zero attached hydrogens (tertiary/aromatic N) is 2. The van der Waals surface area contributed by atoms with Crippen molar-refractivity contribution in [1.29, 1.82) is 0 Å². The zero-order valence-corrected chi connectivity index (χ0v) is 13.9. The van der Waals surface area contributed by atoms with E-state index in [4.69, 9.17) is 4.52 Å². The van der Waals surface area contributed by atoms with E-state index in [0.29, 0.717) is 17.8 Å². The van der Waals surface area contributed by atoms with Crippen molar-refractivity contribution >= 4 is 15.9 Å². The highest BCUT2D eigenvalue weighted by Crippen LogP contribution is 2.27. The fraction of sp³-hybridized carbons (Fsp3) is 0.467. The number of aryl methyl sites for hydroxylation is 2. The molecule has 0 aliphatic heterocycles. The van der Waals surface area contributed by atoms with E-state index >= 15 is 0 Å². The summed E-state index contributed by atoms with van der Waals surface area (Å²) in [5, 5.41) is 7.42. The van der Waals surface area contributed by atoms with Crippen LogP contribution in [0, 0.1) is 13.8 Å². The third-order valence-electron chi connectivity index (χ3n) is 3.20. The number of aromatic nitrogens is 2. The number of halogens is 1. The minimum Gasteiger partial charge on any atom is -0.339 e. The fourth-order valence-electron chi connectivity index (χ4n) is 2.21. The van der Waals surface area contributed by atoms with Gasteiger partial charge in [-0.15, -0.1) is 0 Å². The summed E-state index contributed by atoms with van der Waals surface area (Å²) in [6, 6.07) is 4.47. The largest absolute Gasteiger partial charge is 0.339 e. The predicted octanol–water partition coefficient (Wildman–Crippen LogP) is 3.66. The molecule has 0 radical (unpaired) electrons. The maximum atomic E-state index is 5.33. The van der Waals surface area contributed by atoms with E-state index in [1.807, 2.05) is 0 Å². The molecule has 1 atom stereocenters. The molecule has 5 heteroatoms. The first-order valence-electron chi connectivity index (χ1n) is 6.84. The second-order valence-electron chi connectivity index (χ2n) is 5.10. The van der Waals surface area contributed by atoms with Crippen LogP contribution >= 0.6 is 15.9 Å². The third kappa shape index (κ3) is 3.46. The van der Waals surface area contributed by atoms with Crippen molar-refractivity contribution in [3.8, 4) is 11.4 Å². The van der Waals surface area contributed by atoms with Crippen molar-refractivity contribution in [3.05, 3.63) is 33.6 Å². The average molecular weight is 338 g/mol. The molecular weight excluding hydrogens is 318 g/mol. The summed E-state index contributed by atoms with van der Waals surface area (Å²) in [6.07, 6.45) is 0.745. The second-order valence-corrected chi connectivity index (χ2v) is 5.89. The van der Waals surface area contributed by atoms with Gasteiger partial charge in [-0.1, -0.05) is 28.0 Å². The highest BCUT2D eigenvalue weighted by molar-refractivity contribution is 9.10. The molecule has 0 amide bonds. The molecule has 2 aromatic rings. The lowest BCUT2D eigenvalue weighted by atomic mass is 10.1. The molecule has 0 aliphatic carbocycles. The van der Waals surface area contributed by atoms with Crippen LogP contribution in [0.1, 0.15) is 30.9 Å². The lowest BCUT2D eigenvalue weighted by Crippen LogP contribution is -2.27. The maximum absolute atomic E-state index is 5.33. The van der Waals surface area contributed by atoms with Gasteiger partial charge in [-0.3, -0.25) is 0 Å². The molecule has 4 nitrogen and oxygen atoms in total. The van der Waals surface area contributed by atoms with Crippen LogP contribution < -0.4 is 5.32 Å². The lowest BCUT2D eigenvalue weighted by molar-refractivity contribution is 0.363. The van der Waals surface area contributed by atoms with Crippen LogP contribution in [0.2, 0.25) is 0 Å². The predicted molar refractivity (Wildman–Crippen MR) is 83.8 cm³/mol. The Morgan fingerprint density at radius 3 is 2.55 bits per heavy atom. The van der Waals surface area contributed by atoms with Gasteiger partial charge in [0.05, 0.1) is 0 Å². The van der Waals surface area contributed by atoms with Crippen LogP contribution in [0.5, 0.6) is 0 Å². The lowest BCUT2D eigenvalue weighted by Gasteiger charge is -2.08. The van der Waals surface area contributed by atoms with Crippen molar-refractivity contribution in [1.82, 2.24) is 15.5 Å². The molecule has 1 aromatic heterocycles. The summed E-state index contributed by atoms with van der Waals surface area (Å²) in [5.41, 5.74) is 3.34. The Balaban J connectivity index is 2.20.